The summed E-state index contributed by atoms with van der Waals surface area (Å²) in [6, 6.07) is 10.2. The smallest absolute Gasteiger partial charge is 0.252 e. The highest BCUT2D eigenvalue weighted by molar-refractivity contribution is 6.30. The van der Waals surface area contributed by atoms with Crippen molar-refractivity contribution >= 4 is 28.5 Å². The Kier molecular flexibility index (Phi) is 4.16. The molecule has 2 aromatic heterocycles. The molecule has 5 nitrogen and oxygen atoms in total. The van der Waals surface area contributed by atoms with Crippen molar-refractivity contribution < 1.29 is 4.79 Å². The monoisotopic (exact) mass is 394 g/mol. The Morgan fingerprint density at radius 3 is 2.57 bits per heavy atom. The van der Waals surface area contributed by atoms with Crippen LogP contribution in [0.15, 0.2) is 30.3 Å². The van der Waals surface area contributed by atoms with Crippen molar-refractivity contribution in [1.29, 1.82) is 0 Å². The van der Waals surface area contributed by atoms with Crippen LogP contribution < -0.4 is 5.32 Å². The second-order valence-electron chi connectivity index (χ2n) is 8.17. The quantitative estimate of drug-likeness (QED) is 0.709. The Balaban J connectivity index is 1.36. The van der Waals surface area contributed by atoms with Gasteiger partial charge >= 0.3 is 0 Å². The molecule has 0 bridgehead atoms. The molecule has 3 aromatic rings. The van der Waals surface area contributed by atoms with E-state index in [0.29, 0.717) is 17.4 Å². The van der Waals surface area contributed by atoms with Crippen molar-refractivity contribution in [3.63, 3.8) is 0 Å². The van der Waals surface area contributed by atoms with Crippen LogP contribution in [-0.2, 0) is 7.05 Å². The van der Waals surface area contributed by atoms with Gasteiger partial charge in [-0.05, 0) is 62.3 Å². The van der Waals surface area contributed by atoms with E-state index in [-0.39, 0.29) is 11.9 Å². The molecule has 0 atom stereocenters. The van der Waals surface area contributed by atoms with Crippen LogP contribution in [0.5, 0.6) is 0 Å². The van der Waals surface area contributed by atoms with Crippen LogP contribution in [0.2, 0.25) is 5.02 Å². The van der Waals surface area contributed by atoms with Crippen molar-refractivity contribution in [1.82, 2.24) is 20.1 Å². The Bertz CT molecular complexity index is 1060. The molecule has 1 N–H and O–H groups in total. The predicted octanol–water partition coefficient (Wildman–Crippen LogP) is 4.48. The van der Waals surface area contributed by atoms with Crippen molar-refractivity contribution in [2.75, 3.05) is 0 Å². The van der Waals surface area contributed by atoms with Gasteiger partial charge in [-0.1, -0.05) is 23.7 Å². The number of aromatic nitrogens is 3. The van der Waals surface area contributed by atoms with E-state index >= 15 is 0 Å². The molecule has 1 amide bonds. The van der Waals surface area contributed by atoms with Crippen LogP contribution in [0.3, 0.4) is 0 Å². The lowest BCUT2D eigenvalue weighted by molar-refractivity contribution is 0.0910. The average molecular weight is 395 g/mol. The molecule has 0 spiro atoms. The summed E-state index contributed by atoms with van der Waals surface area (Å²) < 4.78 is 1.78. The van der Waals surface area contributed by atoms with Crippen LogP contribution in [0, 0.1) is 6.92 Å². The Hall–Kier alpha value is -2.40. The molecular weight excluding hydrogens is 372 g/mol. The molecular formula is C22H23ClN4O. The largest absolute Gasteiger partial charge is 0.349 e. The van der Waals surface area contributed by atoms with Gasteiger partial charge in [0.25, 0.3) is 5.91 Å². The van der Waals surface area contributed by atoms with Gasteiger partial charge in [-0.2, -0.15) is 5.10 Å². The van der Waals surface area contributed by atoms with E-state index in [1.165, 1.54) is 5.56 Å². The van der Waals surface area contributed by atoms with E-state index in [9.17, 15) is 4.79 Å². The first-order valence-electron chi connectivity index (χ1n) is 9.90. The highest BCUT2D eigenvalue weighted by atomic mass is 35.5. The maximum atomic E-state index is 13.1. The molecule has 1 aromatic carbocycles. The number of fused-ring (bicyclic) bond motifs is 1. The van der Waals surface area contributed by atoms with E-state index in [1.54, 1.807) is 4.68 Å². The van der Waals surface area contributed by atoms with Gasteiger partial charge in [-0.3, -0.25) is 9.48 Å². The Morgan fingerprint density at radius 1 is 1.18 bits per heavy atom. The number of nitrogens with zero attached hydrogens (tertiary/aromatic N) is 3. The first-order chi connectivity index (χ1) is 13.5. The zero-order valence-corrected chi connectivity index (χ0v) is 16.8. The minimum Gasteiger partial charge on any atom is -0.349 e. The number of aryl methyl sites for hydroxylation is 2. The standard InChI is InChI=1S/C22H23ClN4O/c1-12-20-18(11-19(14-3-4-14)25-21(20)27(2)26-12)22(28)24-17-9-15(10-17)13-5-7-16(23)8-6-13/h5-8,11,14-15,17H,3-4,9-10H2,1-2H3,(H,24,28). The minimum absolute atomic E-state index is 0.00930. The van der Waals surface area contributed by atoms with E-state index in [1.807, 2.05) is 32.2 Å². The molecule has 2 fully saturated rings. The van der Waals surface area contributed by atoms with Crippen LogP contribution in [0.1, 0.15) is 64.8 Å². The number of hydrogen-bond donors (Lipinski definition) is 1. The fourth-order valence-electron chi connectivity index (χ4n) is 4.24. The van der Waals surface area contributed by atoms with Crippen molar-refractivity contribution in [2.24, 2.45) is 7.05 Å². The lowest BCUT2D eigenvalue weighted by Crippen LogP contribution is -2.43. The molecule has 144 valence electrons. The molecule has 0 aliphatic heterocycles. The number of halogens is 1. The molecule has 2 heterocycles. The second-order valence-corrected chi connectivity index (χ2v) is 8.60. The molecule has 6 heteroatoms. The topological polar surface area (TPSA) is 59.8 Å². The second kappa shape index (κ2) is 6.59. The lowest BCUT2D eigenvalue weighted by atomic mass is 9.76. The number of benzene rings is 1. The fourth-order valence-corrected chi connectivity index (χ4v) is 4.36. The molecule has 0 saturated heterocycles. The molecule has 2 aliphatic carbocycles. The summed E-state index contributed by atoms with van der Waals surface area (Å²) in [4.78, 5) is 17.9. The summed E-state index contributed by atoms with van der Waals surface area (Å²) in [5.41, 5.74) is 4.69. The van der Waals surface area contributed by atoms with Gasteiger partial charge in [-0.25, -0.2) is 4.98 Å². The number of hydrogen-bond acceptors (Lipinski definition) is 3. The van der Waals surface area contributed by atoms with Crippen LogP contribution in [-0.4, -0.2) is 26.7 Å². The number of amides is 1. The predicted molar refractivity (Wildman–Crippen MR) is 110 cm³/mol. The molecule has 0 radical (unpaired) electrons. The van der Waals surface area contributed by atoms with Gasteiger partial charge in [0.15, 0.2) is 5.65 Å². The summed E-state index contributed by atoms with van der Waals surface area (Å²) >= 11 is 5.98. The summed E-state index contributed by atoms with van der Waals surface area (Å²) in [7, 11) is 1.89. The van der Waals surface area contributed by atoms with Gasteiger partial charge in [0.05, 0.1) is 16.6 Å². The van der Waals surface area contributed by atoms with Crippen LogP contribution >= 0.6 is 11.6 Å². The third-order valence-corrected chi connectivity index (χ3v) is 6.30. The third kappa shape index (κ3) is 3.08. The summed E-state index contributed by atoms with van der Waals surface area (Å²) in [5, 5.41) is 9.35. The van der Waals surface area contributed by atoms with E-state index in [0.717, 1.165) is 53.1 Å². The molecule has 5 rings (SSSR count). The van der Waals surface area contributed by atoms with Crippen molar-refractivity contribution in [3.05, 3.63) is 57.9 Å². The van der Waals surface area contributed by atoms with Crippen LogP contribution in [0.4, 0.5) is 0 Å². The van der Waals surface area contributed by atoms with Gasteiger partial charge in [-0.15, -0.1) is 0 Å². The number of carbonyl (C=O) groups excluding carboxylic acids is 1. The first-order valence-corrected chi connectivity index (χ1v) is 10.3. The SMILES string of the molecule is Cc1nn(C)c2nc(C3CC3)cc(C(=O)NC3CC(c4ccc(Cl)cc4)C3)c12. The minimum atomic E-state index is -0.00930. The third-order valence-electron chi connectivity index (χ3n) is 6.04. The fraction of sp³-hybridized carbons (Fsp3) is 0.409. The van der Waals surface area contributed by atoms with Gasteiger partial charge in [0.2, 0.25) is 0 Å². The first kappa shape index (κ1) is 17.7. The zero-order valence-electron chi connectivity index (χ0n) is 16.1. The van der Waals surface area contributed by atoms with E-state index in [4.69, 9.17) is 16.6 Å². The van der Waals surface area contributed by atoms with E-state index in [2.05, 4.69) is 22.5 Å². The van der Waals surface area contributed by atoms with E-state index < -0.39 is 0 Å². The number of pyridine rings is 1. The summed E-state index contributed by atoms with van der Waals surface area (Å²) in [6.45, 7) is 1.94. The maximum absolute atomic E-state index is 13.1. The molecule has 28 heavy (non-hydrogen) atoms. The maximum Gasteiger partial charge on any atom is 0.252 e. The van der Waals surface area contributed by atoms with Crippen molar-refractivity contribution in [2.45, 2.75) is 50.5 Å². The number of nitrogens with one attached hydrogen (secondary N) is 1. The van der Waals surface area contributed by atoms with Gasteiger partial charge in [0.1, 0.15) is 0 Å². The number of rotatable bonds is 4. The highest BCUT2D eigenvalue weighted by Crippen LogP contribution is 2.41. The zero-order chi connectivity index (χ0) is 19.4. The normalized spacial score (nSPS) is 21.5. The van der Waals surface area contributed by atoms with Gasteiger partial charge in [0, 0.05) is 29.7 Å². The number of carbonyl (C=O) groups is 1. The average Bonchev–Trinajstić information content (AvgIpc) is 3.45. The van der Waals surface area contributed by atoms with Crippen LogP contribution in [0.25, 0.3) is 11.0 Å². The van der Waals surface area contributed by atoms with Gasteiger partial charge < -0.3 is 5.32 Å². The Morgan fingerprint density at radius 2 is 1.89 bits per heavy atom. The van der Waals surface area contributed by atoms with Crippen molar-refractivity contribution in [3.8, 4) is 0 Å². The molecule has 2 saturated carbocycles. The summed E-state index contributed by atoms with van der Waals surface area (Å²) in [6.07, 6.45) is 4.23. The lowest BCUT2D eigenvalue weighted by Gasteiger charge is -2.36. The molecule has 2 aliphatic rings. The summed E-state index contributed by atoms with van der Waals surface area (Å²) in [5.74, 6) is 0.969. The highest BCUT2D eigenvalue weighted by Gasteiger charge is 2.33. The molecule has 0 unspecified atom stereocenters. The Labute approximate surface area is 169 Å².